The summed E-state index contributed by atoms with van der Waals surface area (Å²) in [5.41, 5.74) is 1.80. The van der Waals surface area contributed by atoms with Crippen molar-refractivity contribution in [1.82, 2.24) is 0 Å². The average Bonchev–Trinajstić information content (AvgIpc) is 2.56. The summed E-state index contributed by atoms with van der Waals surface area (Å²) in [6.07, 6.45) is 0. The Balaban J connectivity index is 2.37. The number of aliphatic hydroxyl groups is 1. The van der Waals surface area contributed by atoms with E-state index in [1.807, 2.05) is 18.2 Å². The van der Waals surface area contributed by atoms with E-state index < -0.39 is 5.78 Å². The lowest BCUT2D eigenvalue weighted by molar-refractivity contribution is 0.104. The van der Waals surface area contributed by atoms with E-state index in [-0.39, 0.29) is 17.8 Å². The van der Waals surface area contributed by atoms with Crippen molar-refractivity contribution in [1.29, 1.82) is 10.5 Å². The number of nitriles is 2. The lowest BCUT2D eigenvalue weighted by atomic mass is 9.83. The standard InChI is InChI=1S/C17H11N3O2/c18-8-13-10-4-5-15(20-6-7-21)11-2-1-3-12(16(10)11)17(22)14(13)9-19/h1-5,20-21H,6-7H2. The van der Waals surface area contributed by atoms with Gasteiger partial charge in [0.2, 0.25) is 5.78 Å². The van der Waals surface area contributed by atoms with Gasteiger partial charge in [-0.1, -0.05) is 24.3 Å². The predicted octanol–water partition coefficient (Wildman–Crippen LogP) is 2.24. The second-order valence-electron chi connectivity index (χ2n) is 4.84. The number of benzene rings is 2. The zero-order valence-corrected chi connectivity index (χ0v) is 11.6. The number of nitrogens with zero attached hydrogens (tertiary/aromatic N) is 2. The van der Waals surface area contributed by atoms with Crippen LogP contribution in [0.15, 0.2) is 35.9 Å². The predicted molar refractivity (Wildman–Crippen MR) is 82.0 cm³/mol. The molecule has 0 aliphatic heterocycles. The molecule has 0 saturated heterocycles. The van der Waals surface area contributed by atoms with Crippen LogP contribution in [-0.2, 0) is 0 Å². The van der Waals surface area contributed by atoms with E-state index in [1.165, 1.54) is 0 Å². The molecule has 1 aliphatic rings. The summed E-state index contributed by atoms with van der Waals surface area (Å²) >= 11 is 0. The second kappa shape index (κ2) is 5.33. The first-order valence-corrected chi connectivity index (χ1v) is 6.73. The number of ketones is 1. The smallest absolute Gasteiger partial charge is 0.205 e. The molecule has 106 valence electrons. The van der Waals surface area contributed by atoms with Gasteiger partial charge in [-0.3, -0.25) is 4.79 Å². The first-order chi connectivity index (χ1) is 10.7. The molecular formula is C17H11N3O2. The monoisotopic (exact) mass is 289 g/mol. The molecule has 22 heavy (non-hydrogen) atoms. The third-order valence-corrected chi connectivity index (χ3v) is 3.68. The molecule has 5 heteroatoms. The van der Waals surface area contributed by atoms with Gasteiger partial charge in [0.1, 0.15) is 17.7 Å². The normalized spacial score (nSPS) is 13.0. The molecule has 0 fully saturated rings. The number of carbonyl (C=O) groups excluding carboxylic acids is 1. The molecule has 2 aromatic rings. The molecule has 5 nitrogen and oxygen atoms in total. The third-order valence-electron chi connectivity index (χ3n) is 3.68. The van der Waals surface area contributed by atoms with Gasteiger partial charge in [-0.05, 0) is 6.07 Å². The number of hydrogen-bond donors (Lipinski definition) is 2. The fourth-order valence-corrected chi connectivity index (χ4v) is 2.75. The summed E-state index contributed by atoms with van der Waals surface area (Å²) in [4.78, 5) is 12.4. The van der Waals surface area contributed by atoms with Crippen LogP contribution in [0.2, 0.25) is 0 Å². The Morgan fingerprint density at radius 2 is 1.82 bits per heavy atom. The fourth-order valence-electron chi connectivity index (χ4n) is 2.75. The van der Waals surface area contributed by atoms with Crippen molar-refractivity contribution >= 4 is 27.8 Å². The molecule has 0 heterocycles. The van der Waals surface area contributed by atoms with Gasteiger partial charge >= 0.3 is 0 Å². The summed E-state index contributed by atoms with van der Waals surface area (Å²) in [6.45, 7) is 0.376. The summed E-state index contributed by atoms with van der Waals surface area (Å²) in [5.74, 6) is -0.420. The van der Waals surface area contributed by atoms with Crippen LogP contribution in [0.5, 0.6) is 0 Å². The molecule has 0 radical (unpaired) electrons. The summed E-state index contributed by atoms with van der Waals surface area (Å²) in [5, 5.41) is 32.0. The molecule has 0 amide bonds. The third kappa shape index (κ3) is 1.85. The van der Waals surface area contributed by atoms with Crippen LogP contribution in [0.4, 0.5) is 5.69 Å². The van der Waals surface area contributed by atoms with Crippen molar-refractivity contribution in [3.05, 3.63) is 47.0 Å². The van der Waals surface area contributed by atoms with Crippen LogP contribution in [0.3, 0.4) is 0 Å². The first kappa shape index (κ1) is 13.8. The van der Waals surface area contributed by atoms with Gasteiger partial charge < -0.3 is 10.4 Å². The molecule has 0 saturated carbocycles. The Hall–Kier alpha value is -3.15. The van der Waals surface area contributed by atoms with E-state index in [1.54, 1.807) is 24.3 Å². The highest BCUT2D eigenvalue weighted by Gasteiger charge is 2.28. The number of Topliss-reactive ketones (excluding diaryl/α,β-unsaturated/α-hetero) is 1. The van der Waals surface area contributed by atoms with E-state index in [4.69, 9.17) is 5.11 Å². The minimum absolute atomic E-state index is 0.0101. The van der Waals surface area contributed by atoms with E-state index in [0.717, 1.165) is 11.1 Å². The molecule has 0 aromatic heterocycles. The largest absolute Gasteiger partial charge is 0.395 e. The Kier molecular flexibility index (Phi) is 3.34. The summed E-state index contributed by atoms with van der Waals surface area (Å²) in [7, 11) is 0. The van der Waals surface area contributed by atoms with Gasteiger partial charge in [0.15, 0.2) is 0 Å². The van der Waals surface area contributed by atoms with Crippen molar-refractivity contribution in [3.63, 3.8) is 0 Å². The molecular weight excluding hydrogens is 278 g/mol. The lowest BCUT2D eigenvalue weighted by Crippen LogP contribution is -2.12. The Labute approximate surface area is 126 Å². The van der Waals surface area contributed by atoms with Crippen LogP contribution in [0.25, 0.3) is 16.3 Å². The van der Waals surface area contributed by atoms with Gasteiger partial charge in [-0.2, -0.15) is 10.5 Å². The Morgan fingerprint density at radius 1 is 1.05 bits per heavy atom. The van der Waals surface area contributed by atoms with E-state index in [2.05, 4.69) is 5.32 Å². The van der Waals surface area contributed by atoms with Crippen molar-refractivity contribution in [2.24, 2.45) is 0 Å². The second-order valence-corrected chi connectivity index (χ2v) is 4.84. The van der Waals surface area contributed by atoms with Crippen LogP contribution in [-0.4, -0.2) is 24.0 Å². The number of aliphatic hydroxyl groups excluding tert-OH is 1. The highest BCUT2D eigenvalue weighted by atomic mass is 16.3. The molecule has 1 aliphatic carbocycles. The molecule has 0 bridgehead atoms. The number of allylic oxidation sites excluding steroid dienone is 2. The minimum atomic E-state index is -0.420. The number of carbonyl (C=O) groups is 1. The van der Waals surface area contributed by atoms with Crippen LogP contribution in [0.1, 0.15) is 15.9 Å². The van der Waals surface area contributed by atoms with Crippen molar-refractivity contribution in [3.8, 4) is 12.1 Å². The zero-order chi connectivity index (χ0) is 15.7. The van der Waals surface area contributed by atoms with Crippen molar-refractivity contribution in [2.75, 3.05) is 18.5 Å². The van der Waals surface area contributed by atoms with Crippen molar-refractivity contribution < 1.29 is 9.90 Å². The molecule has 0 atom stereocenters. The van der Waals surface area contributed by atoms with Crippen LogP contribution in [0, 0.1) is 22.7 Å². The molecule has 2 N–H and O–H groups in total. The average molecular weight is 289 g/mol. The van der Waals surface area contributed by atoms with E-state index in [0.29, 0.717) is 23.1 Å². The topological polar surface area (TPSA) is 96.9 Å². The molecule has 0 unspecified atom stereocenters. The minimum Gasteiger partial charge on any atom is -0.395 e. The Morgan fingerprint density at radius 3 is 2.50 bits per heavy atom. The van der Waals surface area contributed by atoms with Crippen molar-refractivity contribution in [2.45, 2.75) is 0 Å². The van der Waals surface area contributed by atoms with Crippen LogP contribution < -0.4 is 5.32 Å². The molecule has 3 rings (SSSR count). The lowest BCUT2D eigenvalue weighted by Gasteiger charge is -2.19. The maximum absolute atomic E-state index is 12.4. The number of hydrogen-bond acceptors (Lipinski definition) is 5. The molecule has 0 spiro atoms. The van der Waals surface area contributed by atoms with Gasteiger partial charge in [-0.15, -0.1) is 0 Å². The zero-order valence-electron chi connectivity index (χ0n) is 11.6. The van der Waals surface area contributed by atoms with E-state index >= 15 is 0 Å². The maximum atomic E-state index is 12.4. The number of anilines is 1. The maximum Gasteiger partial charge on any atom is 0.205 e. The van der Waals surface area contributed by atoms with E-state index in [9.17, 15) is 15.3 Å². The van der Waals surface area contributed by atoms with Gasteiger partial charge in [-0.25, -0.2) is 0 Å². The first-order valence-electron chi connectivity index (χ1n) is 6.73. The highest BCUT2D eigenvalue weighted by Crippen LogP contribution is 2.38. The molecule has 2 aromatic carbocycles. The Bertz CT molecular complexity index is 914. The van der Waals surface area contributed by atoms with Gasteiger partial charge in [0.05, 0.1) is 12.2 Å². The summed E-state index contributed by atoms with van der Waals surface area (Å²) in [6, 6.07) is 12.6. The quantitative estimate of drug-likeness (QED) is 0.903. The number of nitrogens with one attached hydrogen (secondary N) is 1. The van der Waals surface area contributed by atoms with Gasteiger partial charge in [0.25, 0.3) is 0 Å². The highest BCUT2D eigenvalue weighted by molar-refractivity contribution is 6.28. The van der Waals surface area contributed by atoms with Crippen LogP contribution >= 0.6 is 0 Å². The number of rotatable bonds is 3. The fraction of sp³-hybridized carbons (Fsp3) is 0.118. The summed E-state index contributed by atoms with van der Waals surface area (Å²) < 4.78 is 0. The van der Waals surface area contributed by atoms with Gasteiger partial charge in [0, 0.05) is 34.1 Å². The SMILES string of the molecule is N#CC1=C(C#N)c2ccc(NCCO)c3cccc(c23)C1=O.